The number of aliphatic hydroxyl groups excluding tert-OH is 2. The van der Waals surface area contributed by atoms with Crippen LogP contribution in [-0.4, -0.2) is 45.1 Å². The number of aliphatic carboxylic acids is 2. The first-order chi connectivity index (χ1) is 5.97. The minimum absolute atomic E-state index is 0.391. The Morgan fingerprint density at radius 2 is 1.85 bits per heavy atom. The molecule has 0 aliphatic rings. The minimum atomic E-state index is -1.42. The molecule has 0 aromatic heterocycles. The van der Waals surface area contributed by atoms with Gasteiger partial charge in [0.2, 0.25) is 0 Å². The van der Waals surface area contributed by atoms with E-state index < -0.39 is 36.6 Å². The highest BCUT2D eigenvalue weighted by atomic mass is 16.4. The normalized spacial score (nSPS) is 13.8. The molecular weight excluding hydrogens is 180 g/mol. The van der Waals surface area contributed by atoms with Gasteiger partial charge >= 0.3 is 11.9 Å². The Morgan fingerprint density at radius 1 is 1.31 bits per heavy atom. The first kappa shape index (κ1) is 11.6. The summed E-state index contributed by atoms with van der Waals surface area (Å²) in [6.07, 6.45) is -1.15. The number of aliphatic hydroxyl groups is 2. The minimum Gasteiger partial charge on any atom is -0.478 e. The van der Waals surface area contributed by atoms with Crippen LogP contribution in [0, 0.1) is 0 Å². The zero-order chi connectivity index (χ0) is 10.4. The predicted molar refractivity (Wildman–Crippen MR) is 41.1 cm³/mol. The highest BCUT2D eigenvalue weighted by Gasteiger charge is 2.14. The van der Waals surface area contributed by atoms with Gasteiger partial charge in [0.1, 0.15) is 0 Å². The molecule has 0 aromatic rings. The molecule has 0 rings (SSSR count). The van der Waals surface area contributed by atoms with Gasteiger partial charge in [0.15, 0.2) is 0 Å². The smallest absolute Gasteiger partial charge is 0.331 e. The van der Waals surface area contributed by atoms with E-state index in [1.165, 1.54) is 0 Å². The third-order valence-electron chi connectivity index (χ3n) is 1.24. The average molecular weight is 190 g/mol. The molecule has 1 atom stereocenters. The van der Waals surface area contributed by atoms with Crippen LogP contribution in [0.2, 0.25) is 0 Å². The molecule has 4 N–H and O–H groups in total. The zero-order valence-corrected chi connectivity index (χ0v) is 6.67. The summed E-state index contributed by atoms with van der Waals surface area (Å²) in [5, 5.41) is 33.9. The summed E-state index contributed by atoms with van der Waals surface area (Å²) in [4.78, 5) is 20.5. The van der Waals surface area contributed by atoms with Gasteiger partial charge in [0.25, 0.3) is 0 Å². The summed E-state index contributed by atoms with van der Waals surface area (Å²) >= 11 is 0. The average Bonchev–Trinajstić information content (AvgIpc) is 2.02. The van der Waals surface area contributed by atoms with E-state index in [4.69, 9.17) is 20.4 Å². The van der Waals surface area contributed by atoms with E-state index in [1.807, 2.05) is 0 Å². The van der Waals surface area contributed by atoms with Crippen molar-refractivity contribution in [2.45, 2.75) is 12.5 Å². The lowest BCUT2D eigenvalue weighted by atomic mass is 10.1. The lowest BCUT2D eigenvalue weighted by Gasteiger charge is -2.06. The Kier molecular flexibility index (Phi) is 4.71. The summed E-state index contributed by atoms with van der Waals surface area (Å²) < 4.78 is 0. The summed E-state index contributed by atoms with van der Waals surface area (Å²) in [6, 6.07) is 0. The SMILES string of the molecule is O=C(O)/C=C(/CC(O)CO)C(=O)O. The summed E-state index contributed by atoms with van der Waals surface area (Å²) in [5.41, 5.74) is -0.450. The second-order valence-electron chi connectivity index (χ2n) is 2.35. The third kappa shape index (κ3) is 4.94. The topological polar surface area (TPSA) is 115 Å². The van der Waals surface area contributed by atoms with Crippen molar-refractivity contribution in [2.24, 2.45) is 0 Å². The Balaban J connectivity index is 4.44. The molecule has 6 heteroatoms. The molecule has 0 amide bonds. The fourth-order valence-corrected chi connectivity index (χ4v) is 0.675. The van der Waals surface area contributed by atoms with Crippen molar-refractivity contribution in [3.8, 4) is 0 Å². The van der Waals surface area contributed by atoms with Crippen molar-refractivity contribution in [3.63, 3.8) is 0 Å². The molecule has 74 valence electrons. The van der Waals surface area contributed by atoms with Crippen LogP contribution in [0.4, 0.5) is 0 Å². The van der Waals surface area contributed by atoms with Crippen molar-refractivity contribution < 1.29 is 30.0 Å². The van der Waals surface area contributed by atoms with Crippen molar-refractivity contribution in [3.05, 3.63) is 11.6 Å². The van der Waals surface area contributed by atoms with Crippen molar-refractivity contribution in [1.82, 2.24) is 0 Å². The van der Waals surface area contributed by atoms with Gasteiger partial charge in [0, 0.05) is 18.1 Å². The summed E-state index contributed by atoms with van der Waals surface area (Å²) in [6.45, 7) is -0.607. The van der Waals surface area contributed by atoms with Crippen LogP contribution in [0.5, 0.6) is 0 Å². The number of rotatable bonds is 5. The van der Waals surface area contributed by atoms with Gasteiger partial charge in [-0.2, -0.15) is 0 Å². The molecular formula is C7H10O6. The van der Waals surface area contributed by atoms with Crippen LogP contribution in [0.25, 0.3) is 0 Å². The second kappa shape index (κ2) is 5.28. The predicted octanol–water partition coefficient (Wildman–Crippen LogP) is -1.17. The number of carbonyl (C=O) groups is 2. The van der Waals surface area contributed by atoms with Gasteiger partial charge in [0.05, 0.1) is 12.7 Å². The van der Waals surface area contributed by atoms with E-state index in [1.54, 1.807) is 0 Å². The number of hydrogen-bond acceptors (Lipinski definition) is 4. The molecule has 0 aliphatic heterocycles. The third-order valence-corrected chi connectivity index (χ3v) is 1.24. The first-order valence-corrected chi connectivity index (χ1v) is 3.43. The van der Waals surface area contributed by atoms with Crippen molar-refractivity contribution >= 4 is 11.9 Å². The number of carboxylic acid groups (broad SMARTS) is 2. The lowest BCUT2D eigenvalue weighted by molar-refractivity contribution is -0.135. The number of carboxylic acids is 2. The summed E-state index contributed by atoms with van der Waals surface area (Å²) in [5.74, 6) is -2.82. The fraction of sp³-hybridized carbons (Fsp3) is 0.429. The van der Waals surface area contributed by atoms with Gasteiger partial charge in [-0.1, -0.05) is 0 Å². The monoisotopic (exact) mass is 190 g/mol. The van der Waals surface area contributed by atoms with Crippen LogP contribution in [0.15, 0.2) is 11.6 Å². The molecule has 13 heavy (non-hydrogen) atoms. The van der Waals surface area contributed by atoms with Gasteiger partial charge < -0.3 is 20.4 Å². The van der Waals surface area contributed by atoms with Crippen LogP contribution >= 0.6 is 0 Å². The molecule has 0 aromatic carbocycles. The Hall–Kier alpha value is -1.40. The molecule has 0 fully saturated rings. The van der Waals surface area contributed by atoms with Gasteiger partial charge in [-0.05, 0) is 0 Å². The maximum Gasteiger partial charge on any atom is 0.331 e. The van der Waals surface area contributed by atoms with Crippen molar-refractivity contribution in [1.29, 1.82) is 0 Å². The largest absolute Gasteiger partial charge is 0.478 e. The van der Waals surface area contributed by atoms with Gasteiger partial charge in [-0.15, -0.1) is 0 Å². The molecule has 1 unspecified atom stereocenters. The lowest BCUT2D eigenvalue weighted by Crippen LogP contribution is -2.17. The van der Waals surface area contributed by atoms with E-state index in [-0.39, 0.29) is 0 Å². The van der Waals surface area contributed by atoms with Gasteiger partial charge in [-0.25, -0.2) is 9.59 Å². The molecule has 0 bridgehead atoms. The standard InChI is InChI=1S/C7H10O6/c8-3-5(9)1-4(7(12)13)2-6(10)11/h2,5,8-9H,1,3H2,(H,10,11)(H,12,13)/b4-2-. The summed E-state index contributed by atoms with van der Waals surface area (Å²) in [7, 11) is 0. The molecule has 0 heterocycles. The first-order valence-electron chi connectivity index (χ1n) is 3.43. The molecule has 0 radical (unpaired) electrons. The van der Waals surface area contributed by atoms with E-state index in [0.717, 1.165) is 0 Å². The van der Waals surface area contributed by atoms with Crippen LogP contribution < -0.4 is 0 Å². The van der Waals surface area contributed by atoms with Crippen molar-refractivity contribution in [2.75, 3.05) is 6.61 Å². The van der Waals surface area contributed by atoms with Crippen LogP contribution in [0.1, 0.15) is 6.42 Å². The van der Waals surface area contributed by atoms with E-state index in [0.29, 0.717) is 6.08 Å². The maximum absolute atomic E-state index is 10.4. The maximum atomic E-state index is 10.4. The zero-order valence-electron chi connectivity index (χ0n) is 6.67. The highest BCUT2D eigenvalue weighted by Crippen LogP contribution is 2.05. The molecule has 6 nitrogen and oxygen atoms in total. The molecule has 0 saturated heterocycles. The fourth-order valence-electron chi connectivity index (χ4n) is 0.675. The Morgan fingerprint density at radius 3 is 2.15 bits per heavy atom. The molecule has 0 aliphatic carbocycles. The highest BCUT2D eigenvalue weighted by molar-refractivity contribution is 5.94. The van der Waals surface area contributed by atoms with E-state index >= 15 is 0 Å². The second-order valence-corrected chi connectivity index (χ2v) is 2.35. The van der Waals surface area contributed by atoms with Crippen LogP contribution in [-0.2, 0) is 9.59 Å². The molecule has 0 spiro atoms. The molecule has 0 saturated carbocycles. The number of hydrogen-bond donors (Lipinski definition) is 4. The van der Waals surface area contributed by atoms with E-state index in [2.05, 4.69) is 0 Å². The van der Waals surface area contributed by atoms with E-state index in [9.17, 15) is 9.59 Å². The van der Waals surface area contributed by atoms with Crippen LogP contribution in [0.3, 0.4) is 0 Å². The quantitative estimate of drug-likeness (QED) is 0.406. The Bertz CT molecular complexity index is 231. The van der Waals surface area contributed by atoms with Gasteiger partial charge in [-0.3, -0.25) is 0 Å². The Labute approximate surface area is 73.7 Å².